The molecule has 1 aliphatic carbocycles. The molecule has 0 atom stereocenters. The zero-order valence-corrected chi connectivity index (χ0v) is 10.8. The highest BCUT2D eigenvalue weighted by Crippen LogP contribution is 2.28. The number of aromatic nitrogens is 3. The fourth-order valence-corrected chi connectivity index (χ4v) is 2.29. The van der Waals surface area contributed by atoms with Gasteiger partial charge in [-0.15, -0.1) is 5.10 Å². The van der Waals surface area contributed by atoms with Gasteiger partial charge in [-0.25, -0.2) is 4.68 Å². The summed E-state index contributed by atoms with van der Waals surface area (Å²) in [6.07, 6.45) is 3.03. The van der Waals surface area contributed by atoms with E-state index in [-0.39, 0.29) is 5.91 Å². The van der Waals surface area contributed by atoms with Crippen LogP contribution in [0.3, 0.4) is 0 Å². The van der Waals surface area contributed by atoms with E-state index in [0.29, 0.717) is 5.95 Å². The lowest BCUT2D eigenvalue weighted by Gasteiger charge is -2.06. The number of fused-ring (bicyclic) bond motifs is 1. The molecule has 0 fully saturated rings. The van der Waals surface area contributed by atoms with Crippen molar-refractivity contribution in [3.63, 3.8) is 0 Å². The number of allylic oxidation sites excluding steroid dienone is 1. The van der Waals surface area contributed by atoms with Gasteiger partial charge >= 0.3 is 0 Å². The number of nitrogens with zero attached hydrogens (tertiary/aromatic N) is 3. The number of carbonyl (C=O) groups excluding carboxylic acids is 1. The Hall–Kier alpha value is -2.43. The topological polar surface area (TPSA) is 59.8 Å². The summed E-state index contributed by atoms with van der Waals surface area (Å²) in [5.41, 5.74) is 3.48. The molecule has 1 heterocycles. The first-order chi connectivity index (χ1) is 9.15. The molecule has 3 rings (SSSR count). The molecule has 1 aromatic carbocycles. The van der Waals surface area contributed by atoms with Crippen LogP contribution in [0.4, 0.5) is 5.95 Å². The van der Waals surface area contributed by atoms with Gasteiger partial charge in [0, 0.05) is 12.5 Å². The highest BCUT2D eigenvalue weighted by Gasteiger charge is 2.18. The molecule has 1 amide bonds. The fraction of sp³-hybridized carbons (Fsp3) is 0.214. The lowest BCUT2D eigenvalue weighted by atomic mass is 10.1. The summed E-state index contributed by atoms with van der Waals surface area (Å²) in [5, 5.41) is 6.94. The summed E-state index contributed by atoms with van der Waals surface area (Å²) < 4.78 is 1.77. The van der Waals surface area contributed by atoms with E-state index in [1.165, 1.54) is 18.1 Å². The van der Waals surface area contributed by atoms with Gasteiger partial charge in [0.2, 0.25) is 11.9 Å². The third-order valence-electron chi connectivity index (χ3n) is 3.09. The van der Waals surface area contributed by atoms with Crippen molar-refractivity contribution >= 4 is 17.6 Å². The Morgan fingerprint density at radius 2 is 2.16 bits per heavy atom. The summed E-state index contributed by atoms with van der Waals surface area (Å²) in [4.78, 5) is 15.3. The summed E-state index contributed by atoms with van der Waals surface area (Å²) >= 11 is 0. The fourth-order valence-electron chi connectivity index (χ4n) is 2.29. The smallest absolute Gasteiger partial charge is 0.249 e. The predicted molar refractivity (Wildman–Crippen MR) is 72.6 cm³/mol. The van der Waals surface area contributed by atoms with Crippen molar-refractivity contribution in [1.82, 2.24) is 14.8 Å². The van der Waals surface area contributed by atoms with Gasteiger partial charge in [-0.1, -0.05) is 30.3 Å². The van der Waals surface area contributed by atoms with Crippen LogP contribution in [0, 0.1) is 6.92 Å². The number of amides is 1. The summed E-state index contributed by atoms with van der Waals surface area (Å²) in [6, 6.07) is 8.23. The Morgan fingerprint density at radius 3 is 2.95 bits per heavy atom. The lowest BCUT2D eigenvalue weighted by Crippen LogP contribution is -2.08. The van der Waals surface area contributed by atoms with Gasteiger partial charge in [0.05, 0.1) is 5.70 Å². The second-order valence-electron chi connectivity index (χ2n) is 4.53. The number of anilines is 1. The van der Waals surface area contributed by atoms with E-state index in [4.69, 9.17) is 0 Å². The Balaban J connectivity index is 2.00. The maximum absolute atomic E-state index is 11.0. The highest BCUT2D eigenvalue weighted by molar-refractivity contribution is 5.86. The van der Waals surface area contributed by atoms with Gasteiger partial charge < -0.3 is 0 Å². The van der Waals surface area contributed by atoms with Crippen LogP contribution in [0.2, 0.25) is 0 Å². The molecular formula is C14H14N4O. The molecule has 5 heteroatoms. The van der Waals surface area contributed by atoms with Crippen LogP contribution < -0.4 is 5.32 Å². The minimum Gasteiger partial charge on any atom is -0.293 e. The number of aryl methyl sites for hydroxylation is 1. The third-order valence-corrected chi connectivity index (χ3v) is 3.09. The maximum Gasteiger partial charge on any atom is 0.249 e. The van der Waals surface area contributed by atoms with Gasteiger partial charge in [0.25, 0.3) is 0 Å². The Morgan fingerprint density at radius 1 is 1.37 bits per heavy atom. The molecule has 0 unspecified atom stereocenters. The standard InChI is InChI=1S/C14H14N4O/c1-9-15-14(16-10(2)19)17-18(9)13-8-7-11-5-3-4-6-12(11)13/h3-6,8H,7H2,1-2H3,(H,16,17,19). The molecule has 0 spiro atoms. The van der Waals surface area contributed by atoms with E-state index in [1.54, 1.807) is 4.68 Å². The first-order valence-electron chi connectivity index (χ1n) is 6.15. The molecule has 0 saturated heterocycles. The van der Waals surface area contributed by atoms with Gasteiger partial charge in [-0.2, -0.15) is 4.98 Å². The molecule has 0 radical (unpaired) electrons. The van der Waals surface area contributed by atoms with Crippen LogP contribution in [0.1, 0.15) is 23.9 Å². The Bertz CT molecular complexity index is 685. The minimum atomic E-state index is -0.169. The summed E-state index contributed by atoms with van der Waals surface area (Å²) in [6.45, 7) is 3.32. The van der Waals surface area contributed by atoms with Crippen LogP contribution >= 0.6 is 0 Å². The van der Waals surface area contributed by atoms with E-state index < -0.39 is 0 Å². The molecule has 5 nitrogen and oxygen atoms in total. The molecule has 0 bridgehead atoms. The lowest BCUT2D eigenvalue weighted by molar-refractivity contribution is -0.114. The van der Waals surface area contributed by atoms with E-state index in [0.717, 1.165) is 17.9 Å². The summed E-state index contributed by atoms with van der Waals surface area (Å²) in [5.74, 6) is 0.930. The second kappa shape index (κ2) is 4.35. The van der Waals surface area contributed by atoms with Gasteiger partial charge in [0.1, 0.15) is 5.82 Å². The monoisotopic (exact) mass is 254 g/mol. The number of hydrogen-bond donors (Lipinski definition) is 1. The van der Waals surface area contributed by atoms with Gasteiger partial charge in [0.15, 0.2) is 0 Å². The van der Waals surface area contributed by atoms with Gasteiger partial charge in [-0.05, 0) is 18.9 Å². The molecule has 19 heavy (non-hydrogen) atoms. The second-order valence-corrected chi connectivity index (χ2v) is 4.53. The van der Waals surface area contributed by atoms with Crippen molar-refractivity contribution in [2.24, 2.45) is 0 Å². The number of rotatable bonds is 2. The third kappa shape index (κ3) is 2.03. The van der Waals surface area contributed by atoms with Crippen LogP contribution in [-0.2, 0) is 11.2 Å². The average molecular weight is 254 g/mol. The van der Waals surface area contributed by atoms with Crippen molar-refractivity contribution in [2.45, 2.75) is 20.3 Å². The largest absolute Gasteiger partial charge is 0.293 e. The van der Waals surface area contributed by atoms with E-state index in [2.05, 4.69) is 33.6 Å². The van der Waals surface area contributed by atoms with E-state index >= 15 is 0 Å². The van der Waals surface area contributed by atoms with Crippen LogP contribution in [0.15, 0.2) is 30.3 Å². The first-order valence-corrected chi connectivity index (χ1v) is 6.15. The maximum atomic E-state index is 11.0. The van der Waals surface area contributed by atoms with Crippen LogP contribution in [-0.4, -0.2) is 20.7 Å². The van der Waals surface area contributed by atoms with Crippen LogP contribution in [0.5, 0.6) is 0 Å². The number of carbonyl (C=O) groups is 1. The van der Waals surface area contributed by atoms with Crippen LogP contribution in [0.25, 0.3) is 5.70 Å². The molecule has 0 saturated carbocycles. The Kier molecular flexibility index (Phi) is 2.67. The minimum absolute atomic E-state index is 0.169. The van der Waals surface area contributed by atoms with Gasteiger partial charge in [-0.3, -0.25) is 10.1 Å². The van der Waals surface area contributed by atoms with Crippen molar-refractivity contribution < 1.29 is 4.79 Å². The quantitative estimate of drug-likeness (QED) is 0.891. The van der Waals surface area contributed by atoms with E-state index in [1.807, 2.05) is 19.1 Å². The van der Waals surface area contributed by atoms with Crippen molar-refractivity contribution in [3.8, 4) is 0 Å². The molecule has 2 aromatic rings. The predicted octanol–water partition coefficient (Wildman–Crippen LogP) is 1.99. The van der Waals surface area contributed by atoms with Crippen molar-refractivity contribution in [2.75, 3.05) is 5.32 Å². The summed E-state index contributed by atoms with van der Waals surface area (Å²) in [7, 11) is 0. The molecule has 0 aliphatic heterocycles. The van der Waals surface area contributed by atoms with Crippen molar-refractivity contribution in [1.29, 1.82) is 0 Å². The molecule has 1 aliphatic rings. The molecule has 1 N–H and O–H groups in total. The number of nitrogens with one attached hydrogen (secondary N) is 1. The molecule has 96 valence electrons. The zero-order chi connectivity index (χ0) is 13.4. The zero-order valence-electron chi connectivity index (χ0n) is 10.8. The highest BCUT2D eigenvalue weighted by atomic mass is 16.1. The van der Waals surface area contributed by atoms with E-state index in [9.17, 15) is 4.79 Å². The molecule has 1 aromatic heterocycles. The Labute approximate surface area is 111 Å². The first kappa shape index (κ1) is 11.6. The SMILES string of the molecule is CC(=O)Nc1nc(C)n(C2=CCc3ccccc32)n1. The number of benzene rings is 1. The molecular weight excluding hydrogens is 240 g/mol. The number of hydrogen-bond acceptors (Lipinski definition) is 3. The normalized spacial score (nSPS) is 13.1. The van der Waals surface area contributed by atoms with Crippen molar-refractivity contribution in [3.05, 3.63) is 47.3 Å². The average Bonchev–Trinajstić information content (AvgIpc) is 2.92.